The van der Waals surface area contributed by atoms with Gasteiger partial charge < -0.3 is 19.1 Å². The molecule has 5 rings (SSSR count). The lowest BCUT2D eigenvalue weighted by atomic mass is 9.90. The molecule has 37 heavy (non-hydrogen) atoms. The normalized spacial score (nSPS) is 19.9. The highest BCUT2D eigenvalue weighted by Crippen LogP contribution is 2.35. The zero-order valence-electron chi connectivity index (χ0n) is 22.6. The lowest BCUT2D eigenvalue weighted by Gasteiger charge is -2.44. The van der Waals surface area contributed by atoms with E-state index in [4.69, 9.17) is 9.72 Å². The molecule has 1 saturated heterocycles. The van der Waals surface area contributed by atoms with E-state index in [1.54, 1.807) is 0 Å². The predicted molar refractivity (Wildman–Crippen MR) is 145 cm³/mol. The van der Waals surface area contributed by atoms with E-state index in [0.717, 1.165) is 40.0 Å². The largest absolute Gasteiger partial charge is 0.373 e. The number of rotatable bonds is 5. The minimum atomic E-state index is 0.0391. The molecule has 0 aliphatic carbocycles. The van der Waals surface area contributed by atoms with Crippen molar-refractivity contribution in [3.8, 4) is 6.07 Å². The van der Waals surface area contributed by atoms with Crippen LogP contribution in [0.25, 0.3) is 10.9 Å². The van der Waals surface area contributed by atoms with E-state index in [2.05, 4.69) is 63.8 Å². The van der Waals surface area contributed by atoms with E-state index >= 15 is 0 Å². The molecule has 1 fully saturated rings. The minimum Gasteiger partial charge on any atom is -0.373 e. The van der Waals surface area contributed by atoms with Crippen molar-refractivity contribution < 1.29 is 9.53 Å². The summed E-state index contributed by atoms with van der Waals surface area (Å²) in [6.45, 7) is 13.5. The van der Waals surface area contributed by atoms with Crippen LogP contribution in [0, 0.1) is 17.2 Å². The Balaban J connectivity index is 1.43. The summed E-state index contributed by atoms with van der Waals surface area (Å²) >= 11 is 0. The fourth-order valence-electron chi connectivity index (χ4n) is 5.86. The van der Waals surface area contributed by atoms with Crippen LogP contribution in [0.2, 0.25) is 0 Å². The SMILES string of the molecule is CC1Cc2c(C#N)c(N3CCN(C(=O)Cn4ccc5ccccc54)C(C(C)C)C3)nc(C(C)C)c2CO1. The lowest BCUT2D eigenvalue weighted by molar-refractivity contribution is -0.135. The number of hydrogen-bond acceptors (Lipinski definition) is 5. The summed E-state index contributed by atoms with van der Waals surface area (Å²) in [7, 11) is 0. The quantitative estimate of drug-likeness (QED) is 0.501. The molecule has 2 aliphatic heterocycles. The summed E-state index contributed by atoms with van der Waals surface area (Å²) in [5.41, 5.74) is 4.95. The Morgan fingerprint density at radius 1 is 1.16 bits per heavy atom. The highest BCUT2D eigenvalue weighted by atomic mass is 16.5. The Hall–Kier alpha value is -3.37. The first-order valence-electron chi connectivity index (χ1n) is 13.4. The van der Waals surface area contributed by atoms with Crippen LogP contribution in [-0.4, -0.2) is 52.1 Å². The van der Waals surface area contributed by atoms with Crippen LogP contribution in [0.3, 0.4) is 0 Å². The Kier molecular flexibility index (Phi) is 6.96. The van der Waals surface area contributed by atoms with Gasteiger partial charge in [-0.25, -0.2) is 4.98 Å². The summed E-state index contributed by atoms with van der Waals surface area (Å²) < 4.78 is 7.97. The van der Waals surface area contributed by atoms with E-state index in [1.165, 1.54) is 0 Å². The molecule has 2 unspecified atom stereocenters. The monoisotopic (exact) mass is 499 g/mol. The standard InChI is InChI=1S/C30H37N5O2/c1-19(2)27-16-34(12-13-35(27)28(36)17-33-11-10-22-8-6-7-9-26(22)33)30-24(15-31)23-14-21(5)37-18-25(23)29(32-30)20(3)4/h6-11,19-21,27H,12-14,16-18H2,1-5H3. The van der Waals surface area contributed by atoms with Crippen LogP contribution in [0.15, 0.2) is 36.5 Å². The summed E-state index contributed by atoms with van der Waals surface area (Å²) in [5, 5.41) is 11.4. The maximum Gasteiger partial charge on any atom is 0.242 e. The Labute approximate surface area is 219 Å². The van der Waals surface area contributed by atoms with Crippen molar-refractivity contribution in [2.24, 2.45) is 5.92 Å². The van der Waals surface area contributed by atoms with E-state index < -0.39 is 0 Å². The second kappa shape index (κ2) is 10.2. The summed E-state index contributed by atoms with van der Waals surface area (Å²) in [6.07, 6.45) is 2.81. The van der Waals surface area contributed by atoms with Crippen LogP contribution in [0.5, 0.6) is 0 Å². The number of para-hydroxylation sites is 1. The molecule has 1 aromatic carbocycles. The first-order valence-corrected chi connectivity index (χ1v) is 13.4. The van der Waals surface area contributed by atoms with Gasteiger partial charge in [-0.15, -0.1) is 0 Å². The minimum absolute atomic E-state index is 0.0391. The molecule has 0 spiro atoms. The molecular formula is C30H37N5O2. The second-order valence-corrected chi connectivity index (χ2v) is 11.1. The average molecular weight is 500 g/mol. The number of carbonyl (C=O) groups excluding carboxylic acids is 1. The van der Waals surface area contributed by atoms with Crippen LogP contribution in [0.1, 0.15) is 62.9 Å². The van der Waals surface area contributed by atoms with Gasteiger partial charge in [0.15, 0.2) is 0 Å². The Morgan fingerprint density at radius 2 is 1.95 bits per heavy atom. The number of benzene rings is 1. The third-order valence-electron chi connectivity index (χ3n) is 7.88. The molecule has 0 N–H and O–H groups in total. The fraction of sp³-hybridized carbons (Fsp3) is 0.500. The number of fused-ring (bicyclic) bond motifs is 2. The number of hydrogen-bond donors (Lipinski definition) is 0. The molecule has 2 aromatic heterocycles. The number of piperazine rings is 1. The van der Waals surface area contributed by atoms with E-state index in [0.29, 0.717) is 38.3 Å². The van der Waals surface area contributed by atoms with E-state index in [1.807, 2.05) is 27.8 Å². The van der Waals surface area contributed by atoms with Gasteiger partial charge in [0.25, 0.3) is 0 Å². The highest BCUT2D eigenvalue weighted by Gasteiger charge is 2.35. The van der Waals surface area contributed by atoms with Gasteiger partial charge in [0.1, 0.15) is 18.4 Å². The second-order valence-electron chi connectivity index (χ2n) is 11.1. The maximum atomic E-state index is 13.6. The molecule has 194 valence electrons. The molecule has 0 radical (unpaired) electrons. The molecule has 2 atom stereocenters. The molecule has 7 heteroatoms. The van der Waals surface area contributed by atoms with Crippen LogP contribution < -0.4 is 4.90 Å². The van der Waals surface area contributed by atoms with E-state index in [-0.39, 0.29) is 29.9 Å². The zero-order chi connectivity index (χ0) is 26.3. The molecule has 7 nitrogen and oxygen atoms in total. The smallest absolute Gasteiger partial charge is 0.242 e. The van der Waals surface area contributed by atoms with Crippen molar-refractivity contribution in [1.29, 1.82) is 5.26 Å². The van der Waals surface area contributed by atoms with Crippen LogP contribution in [0.4, 0.5) is 5.82 Å². The molecule has 2 aliphatic rings. The maximum absolute atomic E-state index is 13.6. The van der Waals surface area contributed by atoms with Gasteiger partial charge in [-0.05, 0) is 41.8 Å². The molecule has 4 heterocycles. The topological polar surface area (TPSA) is 74.4 Å². The van der Waals surface area contributed by atoms with Gasteiger partial charge in [-0.2, -0.15) is 5.26 Å². The molecule has 1 amide bonds. The Bertz CT molecular complexity index is 1350. The summed E-state index contributed by atoms with van der Waals surface area (Å²) in [5.74, 6) is 1.41. The molecule has 0 bridgehead atoms. The van der Waals surface area contributed by atoms with Gasteiger partial charge >= 0.3 is 0 Å². The van der Waals surface area contributed by atoms with Crippen molar-refractivity contribution in [3.63, 3.8) is 0 Å². The van der Waals surface area contributed by atoms with Crippen molar-refractivity contribution in [2.75, 3.05) is 24.5 Å². The first kappa shape index (κ1) is 25.3. The van der Waals surface area contributed by atoms with Crippen molar-refractivity contribution in [1.82, 2.24) is 14.5 Å². The van der Waals surface area contributed by atoms with Crippen molar-refractivity contribution in [2.45, 2.75) is 72.3 Å². The van der Waals surface area contributed by atoms with Crippen molar-refractivity contribution in [3.05, 3.63) is 58.9 Å². The van der Waals surface area contributed by atoms with Gasteiger partial charge in [-0.1, -0.05) is 45.9 Å². The number of anilines is 1. The third-order valence-corrected chi connectivity index (χ3v) is 7.88. The van der Waals surface area contributed by atoms with Crippen LogP contribution in [-0.2, 0) is 29.1 Å². The predicted octanol–water partition coefficient (Wildman–Crippen LogP) is 4.87. The number of carbonyl (C=O) groups is 1. The van der Waals surface area contributed by atoms with Gasteiger partial charge in [-0.3, -0.25) is 4.79 Å². The number of nitrogens with zero attached hydrogens (tertiary/aromatic N) is 5. The first-order chi connectivity index (χ1) is 17.8. The van der Waals surface area contributed by atoms with Gasteiger partial charge in [0.05, 0.1) is 30.0 Å². The summed E-state index contributed by atoms with van der Waals surface area (Å²) in [6, 6.07) is 12.7. The zero-order valence-corrected chi connectivity index (χ0v) is 22.6. The number of aromatic nitrogens is 2. The molecule has 0 saturated carbocycles. The van der Waals surface area contributed by atoms with Gasteiger partial charge in [0.2, 0.25) is 5.91 Å². The number of amides is 1. The Morgan fingerprint density at radius 3 is 2.68 bits per heavy atom. The van der Waals surface area contributed by atoms with E-state index in [9.17, 15) is 10.1 Å². The fourth-order valence-corrected chi connectivity index (χ4v) is 5.86. The lowest BCUT2D eigenvalue weighted by Crippen LogP contribution is -2.58. The molecule has 3 aromatic rings. The van der Waals surface area contributed by atoms with Crippen molar-refractivity contribution >= 4 is 22.6 Å². The highest BCUT2D eigenvalue weighted by molar-refractivity contribution is 5.83. The number of pyridine rings is 1. The number of nitriles is 1. The molecular weight excluding hydrogens is 462 g/mol. The van der Waals surface area contributed by atoms with Crippen LogP contribution >= 0.6 is 0 Å². The third kappa shape index (κ3) is 4.71. The number of ether oxygens (including phenoxy) is 1. The summed E-state index contributed by atoms with van der Waals surface area (Å²) in [4.78, 5) is 22.9. The average Bonchev–Trinajstić information content (AvgIpc) is 3.29. The van der Waals surface area contributed by atoms with Gasteiger partial charge in [0, 0.05) is 43.3 Å².